The lowest BCUT2D eigenvalue weighted by Gasteiger charge is -2.30. The number of carbonyl (C=O) groups is 1. The van der Waals surface area contributed by atoms with Crippen molar-refractivity contribution in [1.29, 1.82) is 0 Å². The number of hydrogen-bond acceptors (Lipinski definition) is 3. The lowest BCUT2D eigenvalue weighted by atomic mass is 9.97. The van der Waals surface area contributed by atoms with Gasteiger partial charge in [0.25, 0.3) is 0 Å². The van der Waals surface area contributed by atoms with Crippen LogP contribution in [-0.2, 0) is 0 Å². The monoisotopic (exact) mass is 323 g/mol. The van der Waals surface area contributed by atoms with Crippen molar-refractivity contribution in [1.82, 2.24) is 10.2 Å². The van der Waals surface area contributed by atoms with Crippen LogP contribution in [0.4, 0.5) is 14.9 Å². The molecule has 1 saturated heterocycles. The molecule has 23 heavy (non-hydrogen) atoms. The van der Waals surface area contributed by atoms with E-state index in [1.165, 1.54) is 24.3 Å². The van der Waals surface area contributed by atoms with Crippen LogP contribution in [0.15, 0.2) is 24.3 Å². The van der Waals surface area contributed by atoms with Crippen LogP contribution in [0.3, 0.4) is 0 Å². The van der Waals surface area contributed by atoms with Gasteiger partial charge in [-0.25, -0.2) is 9.18 Å². The Balaban J connectivity index is 1.78. The van der Waals surface area contributed by atoms with E-state index in [4.69, 9.17) is 0 Å². The average Bonchev–Trinajstić information content (AvgIpc) is 2.96. The SMILES string of the molecule is CCC(O)(CC)CN1CCC(NC(=O)Nc2ccc(F)cc2)C1. The van der Waals surface area contributed by atoms with Gasteiger partial charge >= 0.3 is 6.03 Å². The zero-order valence-electron chi connectivity index (χ0n) is 13.8. The van der Waals surface area contributed by atoms with Crippen LogP contribution in [0, 0.1) is 5.82 Å². The van der Waals surface area contributed by atoms with Gasteiger partial charge in [0.05, 0.1) is 5.60 Å². The van der Waals surface area contributed by atoms with Gasteiger partial charge < -0.3 is 15.7 Å². The molecule has 1 aliphatic heterocycles. The summed E-state index contributed by atoms with van der Waals surface area (Å²) in [7, 11) is 0. The summed E-state index contributed by atoms with van der Waals surface area (Å²) in [5.74, 6) is -0.332. The fourth-order valence-corrected chi connectivity index (χ4v) is 2.87. The number of rotatable bonds is 6. The number of aliphatic hydroxyl groups is 1. The Kier molecular flexibility index (Phi) is 5.96. The van der Waals surface area contributed by atoms with E-state index in [9.17, 15) is 14.3 Å². The molecule has 1 fully saturated rings. The summed E-state index contributed by atoms with van der Waals surface area (Å²) in [4.78, 5) is 14.2. The number of carbonyl (C=O) groups excluding carboxylic acids is 1. The lowest BCUT2D eigenvalue weighted by Crippen LogP contribution is -2.44. The van der Waals surface area contributed by atoms with E-state index in [0.29, 0.717) is 12.2 Å². The molecule has 0 saturated carbocycles. The Morgan fingerprint density at radius 3 is 2.61 bits per heavy atom. The maximum absolute atomic E-state index is 12.8. The van der Waals surface area contributed by atoms with E-state index in [1.807, 2.05) is 13.8 Å². The summed E-state index contributed by atoms with van der Waals surface area (Å²) in [6, 6.07) is 5.45. The molecular weight excluding hydrogens is 297 g/mol. The number of nitrogens with zero attached hydrogens (tertiary/aromatic N) is 1. The highest BCUT2D eigenvalue weighted by molar-refractivity contribution is 5.89. The van der Waals surface area contributed by atoms with Crippen LogP contribution >= 0.6 is 0 Å². The van der Waals surface area contributed by atoms with Gasteiger partial charge in [0.15, 0.2) is 0 Å². The van der Waals surface area contributed by atoms with E-state index < -0.39 is 5.60 Å². The van der Waals surface area contributed by atoms with E-state index in [2.05, 4.69) is 15.5 Å². The standard InChI is InChI=1S/C17H26FN3O2/c1-3-17(23,4-2)12-21-10-9-15(11-21)20-16(22)19-14-7-5-13(18)6-8-14/h5-8,15,23H,3-4,9-12H2,1-2H3,(H2,19,20,22). The quantitative estimate of drug-likeness (QED) is 0.754. The molecule has 1 aliphatic rings. The van der Waals surface area contributed by atoms with Crippen LogP contribution in [0.25, 0.3) is 0 Å². The molecule has 0 bridgehead atoms. The highest BCUT2D eigenvalue weighted by atomic mass is 19.1. The molecule has 1 heterocycles. The Labute approximate surface area is 136 Å². The maximum Gasteiger partial charge on any atom is 0.319 e. The van der Waals surface area contributed by atoms with Crippen LogP contribution in [0.5, 0.6) is 0 Å². The van der Waals surface area contributed by atoms with Crippen molar-refractivity contribution in [2.75, 3.05) is 25.0 Å². The van der Waals surface area contributed by atoms with Crippen molar-refractivity contribution in [3.8, 4) is 0 Å². The van der Waals surface area contributed by atoms with Crippen molar-refractivity contribution in [2.45, 2.75) is 44.8 Å². The number of urea groups is 1. The van der Waals surface area contributed by atoms with Gasteiger partial charge in [-0.15, -0.1) is 0 Å². The first-order valence-electron chi connectivity index (χ1n) is 8.22. The minimum absolute atomic E-state index is 0.0633. The molecule has 1 unspecified atom stereocenters. The second-order valence-electron chi connectivity index (χ2n) is 6.26. The van der Waals surface area contributed by atoms with Gasteiger partial charge in [-0.1, -0.05) is 13.8 Å². The van der Waals surface area contributed by atoms with Gasteiger partial charge in [0.2, 0.25) is 0 Å². The summed E-state index contributed by atoms with van der Waals surface area (Å²) >= 11 is 0. The summed E-state index contributed by atoms with van der Waals surface area (Å²) in [6.45, 7) is 6.22. The van der Waals surface area contributed by atoms with Crippen molar-refractivity contribution in [3.05, 3.63) is 30.1 Å². The van der Waals surface area contributed by atoms with Gasteiger partial charge in [-0.05, 0) is 43.5 Å². The highest BCUT2D eigenvalue weighted by Crippen LogP contribution is 2.20. The zero-order chi connectivity index (χ0) is 16.9. The summed E-state index contributed by atoms with van der Waals surface area (Å²) in [5, 5.41) is 16.0. The number of anilines is 1. The first-order valence-corrected chi connectivity index (χ1v) is 8.22. The number of benzene rings is 1. The smallest absolute Gasteiger partial charge is 0.319 e. The first kappa shape index (κ1) is 17.7. The lowest BCUT2D eigenvalue weighted by molar-refractivity contribution is 0.00210. The van der Waals surface area contributed by atoms with Crippen LogP contribution in [-0.4, -0.2) is 47.3 Å². The number of nitrogens with one attached hydrogen (secondary N) is 2. The fourth-order valence-electron chi connectivity index (χ4n) is 2.87. The predicted octanol–water partition coefficient (Wildman–Crippen LogP) is 2.57. The molecule has 128 valence electrons. The number of β-amino-alcohol motifs (C(OH)–C–C–N with tert-alkyl or cyclic N) is 1. The molecule has 6 heteroatoms. The molecular formula is C17H26FN3O2. The number of amides is 2. The van der Waals surface area contributed by atoms with E-state index in [1.54, 1.807) is 0 Å². The molecule has 0 spiro atoms. The van der Waals surface area contributed by atoms with Crippen molar-refractivity contribution in [2.24, 2.45) is 0 Å². The normalized spacial score (nSPS) is 18.9. The molecule has 0 radical (unpaired) electrons. The molecule has 1 atom stereocenters. The number of likely N-dealkylation sites (tertiary alicyclic amines) is 1. The van der Waals surface area contributed by atoms with Crippen molar-refractivity contribution >= 4 is 11.7 Å². The first-order chi connectivity index (χ1) is 10.9. The third-order valence-corrected chi connectivity index (χ3v) is 4.54. The van der Waals surface area contributed by atoms with Crippen LogP contribution in [0.2, 0.25) is 0 Å². The van der Waals surface area contributed by atoms with E-state index in [-0.39, 0.29) is 17.9 Å². The molecule has 1 aromatic rings. The Morgan fingerprint density at radius 2 is 2.00 bits per heavy atom. The van der Waals surface area contributed by atoms with E-state index in [0.717, 1.165) is 32.4 Å². The van der Waals surface area contributed by atoms with Crippen LogP contribution in [0.1, 0.15) is 33.1 Å². The van der Waals surface area contributed by atoms with Gasteiger partial charge in [-0.2, -0.15) is 0 Å². The van der Waals surface area contributed by atoms with Gasteiger partial charge in [-0.3, -0.25) is 4.90 Å². The Morgan fingerprint density at radius 1 is 1.35 bits per heavy atom. The Bertz CT molecular complexity index is 517. The summed E-state index contributed by atoms with van der Waals surface area (Å²) in [5.41, 5.74) is -0.0873. The Hall–Kier alpha value is -1.66. The second-order valence-corrected chi connectivity index (χ2v) is 6.26. The fraction of sp³-hybridized carbons (Fsp3) is 0.588. The third-order valence-electron chi connectivity index (χ3n) is 4.54. The molecule has 2 amide bonds. The average molecular weight is 323 g/mol. The largest absolute Gasteiger partial charge is 0.389 e. The summed E-state index contributed by atoms with van der Waals surface area (Å²) in [6.07, 6.45) is 2.31. The zero-order valence-corrected chi connectivity index (χ0v) is 13.8. The van der Waals surface area contributed by atoms with Crippen molar-refractivity contribution in [3.63, 3.8) is 0 Å². The highest BCUT2D eigenvalue weighted by Gasteiger charge is 2.30. The summed E-state index contributed by atoms with van der Waals surface area (Å²) < 4.78 is 12.8. The van der Waals surface area contributed by atoms with Gasteiger partial charge in [0.1, 0.15) is 5.82 Å². The van der Waals surface area contributed by atoms with Gasteiger partial charge in [0, 0.05) is 31.4 Å². The minimum Gasteiger partial charge on any atom is -0.389 e. The predicted molar refractivity (Wildman–Crippen MR) is 88.9 cm³/mol. The molecule has 5 nitrogen and oxygen atoms in total. The van der Waals surface area contributed by atoms with Crippen LogP contribution < -0.4 is 10.6 Å². The second kappa shape index (κ2) is 7.75. The number of hydrogen-bond donors (Lipinski definition) is 3. The molecule has 1 aromatic carbocycles. The van der Waals surface area contributed by atoms with Crippen molar-refractivity contribution < 1.29 is 14.3 Å². The molecule has 0 aliphatic carbocycles. The molecule has 3 N–H and O–H groups in total. The minimum atomic E-state index is -0.648. The van der Waals surface area contributed by atoms with E-state index >= 15 is 0 Å². The topological polar surface area (TPSA) is 64.6 Å². The molecule has 2 rings (SSSR count). The third kappa shape index (κ3) is 5.18. The molecule has 0 aromatic heterocycles. The maximum atomic E-state index is 12.8. The number of halogens is 1.